The molecule has 1 aliphatic heterocycles. The lowest BCUT2D eigenvalue weighted by atomic mass is 10.1. The van der Waals surface area contributed by atoms with Gasteiger partial charge in [0.15, 0.2) is 11.0 Å². The van der Waals surface area contributed by atoms with Crippen LogP contribution in [0.4, 0.5) is 5.13 Å². The number of oxime groups is 1. The summed E-state index contributed by atoms with van der Waals surface area (Å²) < 4.78 is 17.8. The molecule has 4 rings (SSSR count). The number of ether oxygens (including phenoxy) is 3. The highest BCUT2D eigenvalue weighted by Gasteiger charge is 2.19. The van der Waals surface area contributed by atoms with Gasteiger partial charge in [0.1, 0.15) is 11.5 Å². The number of aromatic nitrogens is 1. The monoisotopic (exact) mass is 525 g/mol. The first-order chi connectivity index (χ1) is 18.1. The lowest BCUT2D eigenvalue weighted by Gasteiger charge is -2.26. The van der Waals surface area contributed by atoms with E-state index < -0.39 is 6.29 Å². The van der Waals surface area contributed by atoms with Gasteiger partial charge in [-0.15, -0.1) is 11.3 Å². The Hall–Kier alpha value is -3.34. The van der Waals surface area contributed by atoms with Crippen molar-refractivity contribution in [1.82, 2.24) is 9.88 Å². The predicted octanol–water partition coefficient (Wildman–Crippen LogP) is 4.75. The van der Waals surface area contributed by atoms with Crippen LogP contribution in [0.25, 0.3) is 11.3 Å². The molecule has 1 saturated heterocycles. The Morgan fingerprint density at radius 3 is 2.38 bits per heavy atom. The van der Waals surface area contributed by atoms with E-state index in [1.165, 1.54) is 4.88 Å². The molecule has 9 nitrogen and oxygen atoms in total. The van der Waals surface area contributed by atoms with Gasteiger partial charge in [-0.05, 0) is 55.0 Å². The normalized spacial score (nSPS) is 15.4. The van der Waals surface area contributed by atoms with Crippen LogP contribution in [0, 0.1) is 0 Å². The molecular weight excluding hydrogens is 490 g/mol. The molecule has 2 heterocycles. The van der Waals surface area contributed by atoms with Gasteiger partial charge in [0.25, 0.3) is 0 Å². The van der Waals surface area contributed by atoms with Crippen molar-refractivity contribution in [2.45, 2.75) is 39.0 Å². The second-order valence-electron chi connectivity index (χ2n) is 8.77. The summed E-state index contributed by atoms with van der Waals surface area (Å²) >= 11 is 1.69. The molecule has 2 aromatic carbocycles. The molecule has 0 saturated carbocycles. The quantitative estimate of drug-likeness (QED) is 0.102. The van der Waals surface area contributed by atoms with E-state index >= 15 is 0 Å². The highest BCUT2D eigenvalue weighted by Crippen LogP contribution is 2.33. The molecule has 0 amide bonds. The molecule has 1 unspecified atom stereocenters. The van der Waals surface area contributed by atoms with Crippen LogP contribution in [0.5, 0.6) is 11.5 Å². The van der Waals surface area contributed by atoms with Crippen LogP contribution in [-0.4, -0.2) is 60.6 Å². The van der Waals surface area contributed by atoms with E-state index in [-0.39, 0.29) is 5.84 Å². The number of thiazole rings is 1. The Morgan fingerprint density at radius 1 is 1.14 bits per heavy atom. The third-order valence-electron chi connectivity index (χ3n) is 6.10. The number of amidine groups is 1. The first kappa shape index (κ1) is 26.7. The molecular formula is C27H35N5O4S. The fourth-order valence-corrected chi connectivity index (χ4v) is 5.00. The predicted molar refractivity (Wildman–Crippen MR) is 147 cm³/mol. The first-order valence-electron chi connectivity index (χ1n) is 12.6. The summed E-state index contributed by atoms with van der Waals surface area (Å²) in [5, 5.41) is 16.0. The van der Waals surface area contributed by atoms with Gasteiger partial charge in [0.2, 0.25) is 6.29 Å². The van der Waals surface area contributed by atoms with Crippen molar-refractivity contribution >= 4 is 22.3 Å². The van der Waals surface area contributed by atoms with Gasteiger partial charge in [0, 0.05) is 49.1 Å². The molecule has 0 radical (unpaired) electrons. The topological polar surface area (TPSA) is 114 Å². The fraction of sp³-hybridized carbons (Fsp3) is 0.407. The van der Waals surface area contributed by atoms with E-state index in [0.29, 0.717) is 11.3 Å². The second-order valence-corrected chi connectivity index (χ2v) is 9.85. The van der Waals surface area contributed by atoms with Crippen molar-refractivity contribution in [3.05, 3.63) is 59.0 Å². The standard InChI is InChI=1S/C27H35N5O4S/c1-3-4-5-24(36-22-12-8-20(9-13-22)26(28)31-33)35-21-10-6-19(7-11-21)25-23(37-27(29-2)30-25)18-32-14-16-34-17-15-32/h6-13,24,33H,3-5,14-18H2,1-2H3,(H2,28,31)(H,29,30). The molecule has 0 bridgehead atoms. The molecule has 10 heteroatoms. The third-order valence-corrected chi connectivity index (χ3v) is 7.15. The largest absolute Gasteiger partial charge is 0.455 e. The molecule has 3 aromatic rings. The number of anilines is 1. The van der Waals surface area contributed by atoms with Crippen molar-refractivity contribution in [3.8, 4) is 22.8 Å². The van der Waals surface area contributed by atoms with Crippen molar-refractivity contribution < 1.29 is 19.4 Å². The molecule has 1 aromatic heterocycles. The number of hydrogen-bond acceptors (Lipinski definition) is 9. The van der Waals surface area contributed by atoms with E-state index in [1.807, 2.05) is 19.2 Å². The second kappa shape index (κ2) is 13.3. The van der Waals surface area contributed by atoms with Crippen LogP contribution in [0.2, 0.25) is 0 Å². The van der Waals surface area contributed by atoms with Gasteiger partial charge < -0.3 is 30.5 Å². The fourth-order valence-electron chi connectivity index (χ4n) is 4.02. The average Bonchev–Trinajstić information content (AvgIpc) is 3.35. The van der Waals surface area contributed by atoms with Crippen molar-refractivity contribution in [1.29, 1.82) is 0 Å². The maximum Gasteiger partial charge on any atom is 0.241 e. The van der Waals surface area contributed by atoms with Crippen molar-refractivity contribution in [2.75, 3.05) is 38.7 Å². The van der Waals surface area contributed by atoms with E-state index in [0.717, 1.165) is 74.2 Å². The van der Waals surface area contributed by atoms with E-state index in [4.69, 9.17) is 30.1 Å². The molecule has 1 fully saturated rings. The van der Waals surface area contributed by atoms with Crippen LogP contribution in [0.15, 0.2) is 53.7 Å². The highest BCUT2D eigenvalue weighted by molar-refractivity contribution is 7.16. The van der Waals surface area contributed by atoms with E-state index in [2.05, 4.69) is 34.4 Å². The average molecular weight is 526 g/mol. The smallest absolute Gasteiger partial charge is 0.241 e. The summed E-state index contributed by atoms with van der Waals surface area (Å²) in [4.78, 5) is 8.47. The van der Waals surface area contributed by atoms with Crippen molar-refractivity contribution in [2.24, 2.45) is 10.9 Å². The number of rotatable bonds is 12. The minimum absolute atomic E-state index is 0.0560. The van der Waals surface area contributed by atoms with Gasteiger partial charge in [-0.3, -0.25) is 4.90 Å². The molecule has 4 N–H and O–H groups in total. The minimum Gasteiger partial charge on any atom is -0.455 e. The number of nitrogens with zero attached hydrogens (tertiary/aromatic N) is 3. The number of unbranched alkanes of at least 4 members (excludes halogenated alkanes) is 1. The summed E-state index contributed by atoms with van der Waals surface area (Å²) in [6.07, 6.45) is 2.32. The third kappa shape index (κ3) is 7.34. The zero-order chi connectivity index (χ0) is 26.0. The molecule has 0 aliphatic carbocycles. The van der Waals surface area contributed by atoms with Crippen molar-refractivity contribution in [3.63, 3.8) is 0 Å². The lowest BCUT2D eigenvalue weighted by Crippen LogP contribution is -2.35. The number of hydrogen-bond donors (Lipinski definition) is 3. The summed E-state index contributed by atoms with van der Waals surface area (Å²) in [5.41, 5.74) is 8.32. The Labute approximate surface area is 221 Å². The SMILES string of the molecule is CCCCC(Oc1ccc(C(N)=NO)cc1)Oc1ccc(-c2nc(NC)sc2CN2CCOCC2)cc1. The minimum atomic E-state index is -0.437. The van der Waals surface area contributed by atoms with Crippen LogP contribution >= 0.6 is 11.3 Å². The molecule has 0 spiro atoms. The van der Waals surface area contributed by atoms with Crippen LogP contribution in [-0.2, 0) is 11.3 Å². The number of nitrogens with one attached hydrogen (secondary N) is 1. The highest BCUT2D eigenvalue weighted by atomic mass is 32.1. The number of nitrogens with two attached hydrogens (primary N) is 1. The Bertz CT molecular complexity index is 1140. The summed E-state index contributed by atoms with van der Waals surface area (Å²) in [5.74, 6) is 1.44. The molecule has 1 atom stereocenters. The van der Waals surface area contributed by atoms with Gasteiger partial charge >= 0.3 is 0 Å². The number of benzene rings is 2. The Kier molecular flexibility index (Phi) is 9.58. The molecule has 37 heavy (non-hydrogen) atoms. The van der Waals surface area contributed by atoms with Crippen LogP contribution in [0.1, 0.15) is 36.6 Å². The molecule has 198 valence electrons. The van der Waals surface area contributed by atoms with E-state index in [9.17, 15) is 0 Å². The number of morpholine rings is 1. The van der Waals surface area contributed by atoms with Gasteiger partial charge in [-0.1, -0.05) is 18.5 Å². The van der Waals surface area contributed by atoms with Gasteiger partial charge in [0.05, 0.1) is 18.9 Å². The Balaban J connectivity index is 1.46. The maximum absolute atomic E-state index is 8.86. The molecule has 1 aliphatic rings. The lowest BCUT2D eigenvalue weighted by molar-refractivity contribution is -0.00211. The van der Waals surface area contributed by atoms with Crippen LogP contribution < -0.4 is 20.5 Å². The summed E-state index contributed by atoms with van der Waals surface area (Å²) in [6, 6.07) is 15.1. The van der Waals surface area contributed by atoms with Gasteiger partial charge in [-0.2, -0.15) is 0 Å². The van der Waals surface area contributed by atoms with E-state index in [1.54, 1.807) is 35.6 Å². The maximum atomic E-state index is 8.86. The zero-order valence-electron chi connectivity index (χ0n) is 21.4. The summed E-state index contributed by atoms with van der Waals surface area (Å²) in [7, 11) is 1.90. The first-order valence-corrected chi connectivity index (χ1v) is 13.4. The zero-order valence-corrected chi connectivity index (χ0v) is 22.2. The Morgan fingerprint density at radius 2 is 1.78 bits per heavy atom. The van der Waals surface area contributed by atoms with Crippen LogP contribution in [0.3, 0.4) is 0 Å². The summed E-state index contributed by atoms with van der Waals surface area (Å²) in [6.45, 7) is 6.41. The van der Waals surface area contributed by atoms with Gasteiger partial charge in [-0.25, -0.2) is 4.98 Å².